The molecule has 0 bridgehead atoms. The highest BCUT2D eigenvalue weighted by Gasteiger charge is 2.19. The Morgan fingerprint density at radius 3 is 0.787 bits per heavy atom. The largest absolute Gasteiger partial charge is 0.462 e. The molecule has 0 aliphatic heterocycles. The zero-order valence-corrected chi connectivity index (χ0v) is 53.3. The van der Waals surface area contributed by atoms with E-state index in [0.29, 0.717) is 19.3 Å². The molecule has 0 aliphatic rings. The van der Waals surface area contributed by atoms with Gasteiger partial charge in [-0.2, -0.15) is 0 Å². The predicted octanol–water partition coefficient (Wildman–Crippen LogP) is 24.1. The zero-order valence-electron chi connectivity index (χ0n) is 53.3. The number of ether oxygens (including phenoxy) is 3. The summed E-state index contributed by atoms with van der Waals surface area (Å²) in [7, 11) is 0. The first-order valence-electron chi connectivity index (χ1n) is 34.9. The van der Waals surface area contributed by atoms with Gasteiger partial charge in [-0.05, 0) is 89.9 Å². The van der Waals surface area contributed by atoms with Gasteiger partial charge in [0.15, 0.2) is 6.10 Å². The summed E-state index contributed by atoms with van der Waals surface area (Å²) in [4.78, 5) is 38.3. The molecule has 0 heterocycles. The second-order valence-corrected chi connectivity index (χ2v) is 23.4. The predicted molar refractivity (Wildman–Crippen MR) is 348 cm³/mol. The molecular weight excluding hydrogens is 985 g/mol. The van der Waals surface area contributed by atoms with Crippen LogP contribution in [0, 0.1) is 0 Å². The van der Waals surface area contributed by atoms with Gasteiger partial charge in [0, 0.05) is 19.3 Å². The van der Waals surface area contributed by atoms with Crippen molar-refractivity contribution in [3.63, 3.8) is 0 Å². The SMILES string of the molecule is CC/C=C\C/C=C\C/C=C\C/C=C\CCCCCCCCCCCCCCCCCCCCCCCCC(=O)OCC(COC(=O)CCCCCCCCCCCCCC)OC(=O)CCCCCCC/C=C\C/C=C\CCCCC. The van der Waals surface area contributed by atoms with Gasteiger partial charge in [-0.3, -0.25) is 14.4 Å². The van der Waals surface area contributed by atoms with E-state index in [0.717, 1.165) is 109 Å². The minimum atomic E-state index is -0.778. The number of carbonyl (C=O) groups is 3. The molecule has 0 N–H and O–H groups in total. The Hall–Kier alpha value is -3.15. The molecule has 1 unspecified atom stereocenters. The molecule has 0 saturated heterocycles. The maximum atomic E-state index is 12.9. The van der Waals surface area contributed by atoms with Crippen LogP contribution in [0.15, 0.2) is 72.9 Å². The minimum absolute atomic E-state index is 0.0748. The van der Waals surface area contributed by atoms with Crippen molar-refractivity contribution in [3.8, 4) is 0 Å². The van der Waals surface area contributed by atoms with Gasteiger partial charge < -0.3 is 14.2 Å². The van der Waals surface area contributed by atoms with Crippen LogP contribution in [-0.4, -0.2) is 37.2 Å². The van der Waals surface area contributed by atoms with Gasteiger partial charge >= 0.3 is 17.9 Å². The van der Waals surface area contributed by atoms with E-state index in [9.17, 15) is 14.4 Å². The lowest BCUT2D eigenvalue weighted by Crippen LogP contribution is -2.30. The number of carbonyl (C=O) groups excluding carboxylic acids is 3. The third-order valence-electron chi connectivity index (χ3n) is 15.4. The molecule has 0 radical (unpaired) electrons. The lowest BCUT2D eigenvalue weighted by molar-refractivity contribution is -0.167. The van der Waals surface area contributed by atoms with Crippen LogP contribution in [0.5, 0.6) is 0 Å². The van der Waals surface area contributed by atoms with Crippen molar-refractivity contribution in [2.45, 2.75) is 367 Å². The summed E-state index contributed by atoms with van der Waals surface area (Å²) in [5.41, 5.74) is 0. The van der Waals surface area contributed by atoms with Gasteiger partial charge in [-0.15, -0.1) is 0 Å². The van der Waals surface area contributed by atoms with Crippen LogP contribution in [0.25, 0.3) is 0 Å². The van der Waals surface area contributed by atoms with Crippen molar-refractivity contribution in [2.75, 3.05) is 13.2 Å². The molecule has 1 atom stereocenters. The van der Waals surface area contributed by atoms with E-state index in [2.05, 4.69) is 93.7 Å². The molecule has 6 nitrogen and oxygen atoms in total. The summed E-state index contributed by atoms with van der Waals surface area (Å²) in [6.45, 7) is 6.53. The highest BCUT2D eigenvalue weighted by molar-refractivity contribution is 5.71. The maximum Gasteiger partial charge on any atom is 0.306 e. The third-order valence-corrected chi connectivity index (χ3v) is 15.4. The molecule has 6 heteroatoms. The third kappa shape index (κ3) is 65.7. The molecule has 0 spiro atoms. The Bertz CT molecular complexity index is 1470. The highest BCUT2D eigenvalue weighted by atomic mass is 16.6. The fourth-order valence-electron chi connectivity index (χ4n) is 10.2. The highest BCUT2D eigenvalue weighted by Crippen LogP contribution is 2.18. The van der Waals surface area contributed by atoms with Crippen LogP contribution < -0.4 is 0 Å². The normalized spacial score (nSPS) is 12.5. The second-order valence-electron chi connectivity index (χ2n) is 23.4. The van der Waals surface area contributed by atoms with Crippen LogP contribution in [0.1, 0.15) is 361 Å². The van der Waals surface area contributed by atoms with Crippen LogP contribution in [0.2, 0.25) is 0 Å². The average molecular weight is 1120 g/mol. The van der Waals surface area contributed by atoms with Gasteiger partial charge in [0.25, 0.3) is 0 Å². The van der Waals surface area contributed by atoms with Crippen molar-refractivity contribution < 1.29 is 28.6 Å². The lowest BCUT2D eigenvalue weighted by atomic mass is 10.0. The maximum absolute atomic E-state index is 12.9. The van der Waals surface area contributed by atoms with Crippen LogP contribution in [0.4, 0.5) is 0 Å². The second kappa shape index (κ2) is 68.3. The average Bonchev–Trinajstić information content (AvgIpc) is 3.46. The molecular formula is C74H132O6. The van der Waals surface area contributed by atoms with Gasteiger partial charge in [0.05, 0.1) is 0 Å². The van der Waals surface area contributed by atoms with Gasteiger partial charge in [-0.1, -0.05) is 325 Å². The Balaban J connectivity index is 4.06. The smallest absolute Gasteiger partial charge is 0.306 e. The van der Waals surface area contributed by atoms with Crippen molar-refractivity contribution in [3.05, 3.63) is 72.9 Å². The van der Waals surface area contributed by atoms with Crippen molar-refractivity contribution >= 4 is 17.9 Å². The summed E-state index contributed by atoms with van der Waals surface area (Å²) < 4.78 is 16.9. The molecule has 464 valence electrons. The first kappa shape index (κ1) is 76.9. The number of esters is 3. The fraction of sp³-hybridized carbons (Fsp3) is 0.797. The summed E-state index contributed by atoms with van der Waals surface area (Å²) >= 11 is 0. The zero-order chi connectivity index (χ0) is 57.8. The van der Waals surface area contributed by atoms with Crippen molar-refractivity contribution in [1.82, 2.24) is 0 Å². The van der Waals surface area contributed by atoms with E-state index in [4.69, 9.17) is 14.2 Å². The van der Waals surface area contributed by atoms with Crippen molar-refractivity contribution in [1.29, 1.82) is 0 Å². The molecule has 0 aromatic carbocycles. The standard InChI is InChI=1S/C74H132O6/c1-4-7-10-13-16-19-22-25-27-28-29-30-31-32-33-34-35-36-37-38-39-40-41-42-43-44-45-46-48-49-52-55-58-61-64-67-73(76)79-70-71(69-78-72(75)66-63-60-57-54-51-24-21-18-15-12-9-6-3)80-74(77)68-65-62-59-56-53-50-47-26-23-20-17-14-11-8-5-2/h7,10,16-17,19-20,25-27,29-30,47,71H,4-6,8-9,11-15,18,21-24,28,31-46,48-70H2,1-3H3/b10-7-,19-16-,20-17-,27-25-,30-29-,47-26-. The minimum Gasteiger partial charge on any atom is -0.462 e. The van der Waals surface area contributed by atoms with Crippen LogP contribution in [0.3, 0.4) is 0 Å². The number of allylic oxidation sites excluding steroid dienone is 12. The number of hydrogen-bond donors (Lipinski definition) is 0. The molecule has 0 aliphatic carbocycles. The summed E-state index contributed by atoms with van der Waals surface area (Å²) in [6.07, 6.45) is 89.5. The number of rotatable bonds is 64. The first-order chi connectivity index (χ1) is 39.5. The molecule has 80 heavy (non-hydrogen) atoms. The molecule has 0 rings (SSSR count). The van der Waals surface area contributed by atoms with Gasteiger partial charge in [-0.25, -0.2) is 0 Å². The number of unbranched alkanes of at least 4 members (excludes halogenated alkanes) is 41. The molecule has 0 saturated carbocycles. The van der Waals surface area contributed by atoms with E-state index in [1.54, 1.807) is 0 Å². The van der Waals surface area contributed by atoms with E-state index in [-0.39, 0.29) is 31.1 Å². The Labute approximate surface area is 497 Å². The van der Waals surface area contributed by atoms with E-state index >= 15 is 0 Å². The topological polar surface area (TPSA) is 78.9 Å². The summed E-state index contributed by atoms with van der Waals surface area (Å²) in [6, 6.07) is 0. The molecule has 0 amide bonds. The quantitative estimate of drug-likeness (QED) is 0.0261. The molecule has 0 fully saturated rings. The monoisotopic (exact) mass is 1120 g/mol. The van der Waals surface area contributed by atoms with E-state index < -0.39 is 6.10 Å². The molecule has 0 aromatic rings. The van der Waals surface area contributed by atoms with E-state index in [1.807, 2.05) is 0 Å². The summed E-state index contributed by atoms with van der Waals surface area (Å²) in [5.74, 6) is -0.868. The molecule has 0 aromatic heterocycles. The number of hydrogen-bond acceptors (Lipinski definition) is 6. The Morgan fingerprint density at radius 2 is 0.487 bits per heavy atom. The Morgan fingerprint density at radius 1 is 0.263 bits per heavy atom. The van der Waals surface area contributed by atoms with Crippen LogP contribution in [-0.2, 0) is 28.6 Å². The Kier molecular flexibility index (Phi) is 65.7. The fourth-order valence-corrected chi connectivity index (χ4v) is 10.2. The first-order valence-corrected chi connectivity index (χ1v) is 34.9. The summed E-state index contributed by atoms with van der Waals surface area (Å²) in [5, 5.41) is 0. The van der Waals surface area contributed by atoms with Crippen LogP contribution >= 0.6 is 0 Å². The lowest BCUT2D eigenvalue weighted by Gasteiger charge is -2.18. The van der Waals surface area contributed by atoms with Gasteiger partial charge in [0.2, 0.25) is 0 Å². The van der Waals surface area contributed by atoms with Gasteiger partial charge in [0.1, 0.15) is 13.2 Å². The van der Waals surface area contributed by atoms with Crippen molar-refractivity contribution in [2.24, 2.45) is 0 Å². The van der Waals surface area contributed by atoms with E-state index in [1.165, 1.54) is 212 Å².